The Hall–Kier alpha value is -2.44. The molecule has 1 saturated heterocycles. The molecule has 2 N–H and O–H groups in total. The standard InChI is InChI=1S/C23H28FN3O2/c1-17(27(22-10-11-22)16-18-2-4-19(24)5-3-18)23(28)25-20-6-8-21(9-7-20)26-12-14-29-15-13-26/h2-9,17,22H,10-16H2,1H3,(H,25,28)/p+1/t17-/m0/s1. The van der Waals surface area contributed by atoms with E-state index >= 15 is 0 Å². The Kier molecular flexibility index (Phi) is 6.11. The predicted octanol–water partition coefficient (Wildman–Crippen LogP) is 2.24. The van der Waals surface area contributed by atoms with Crippen LogP contribution in [0, 0.1) is 5.82 Å². The molecule has 1 aliphatic heterocycles. The van der Waals surface area contributed by atoms with Gasteiger partial charge in [-0.2, -0.15) is 0 Å². The van der Waals surface area contributed by atoms with Gasteiger partial charge in [0.2, 0.25) is 0 Å². The summed E-state index contributed by atoms with van der Waals surface area (Å²) in [4.78, 5) is 16.4. The molecule has 2 aromatic carbocycles. The number of morpholine rings is 1. The van der Waals surface area contributed by atoms with Crippen molar-refractivity contribution in [1.82, 2.24) is 0 Å². The largest absolute Gasteiger partial charge is 0.378 e. The Morgan fingerprint density at radius 1 is 1.14 bits per heavy atom. The summed E-state index contributed by atoms with van der Waals surface area (Å²) in [5.41, 5.74) is 3.03. The van der Waals surface area contributed by atoms with Crippen LogP contribution in [0.5, 0.6) is 0 Å². The number of halogens is 1. The van der Waals surface area contributed by atoms with E-state index in [1.54, 1.807) is 0 Å². The van der Waals surface area contributed by atoms with Gasteiger partial charge in [-0.1, -0.05) is 12.1 Å². The van der Waals surface area contributed by atoms with Gasteiger partial charge < -0.3 is 19.9 Å². The van der Waals surface area contributed by atoms with Crippen LogP contribution in [0.25, 0.3) is 0 Å². The highest BCUT2D eigenvalue weighted by molar-refractivity contribution is 5.93. The van der Waals surface area contributed by atoms with Crippen molar-refractivity contribution < 1.29 is 18.8 Å². The van der Waals surface area contributed by atoms with Crippen LogP contribution >= 0.6 is 0 Å². The van der Waals surface area contributed by atoms with Crippen LogP contribution in [0.3, 0.4) is 0 Å². The highest BCUT2D eigenvalue weighted by Crippen LogP contribution is 2.20. The number of nitrogens with zero attached hydrogens (tertiary/aromatic N) is 1. The minimum absolute atomic E-state index is 0.0214. The van der Waals surface area contributed by atoms with Gasteiger partial charge in [0.25, 0.3) is 5.91 Å². The predicted molar refractivity (Wildman–Crippen MR) is 112 cm³/mol. The molecule has 1 unspecified atom stereocenters. The molecule has 2 aromatic rings. The van der Waals surface area contributed by atoms with Crippen LogP contribution in [0.4, 0.5) is 15.8 Å². The normalized spacial score (nSPS) is 18.9. The van der Waals surface area contributed by atoms with Gasteiger partial charge in [-0.05, 0) is 43.3 Å². The second-order valence-electron chi connectivity index (χ2n) is 8.01. The highest BCUT2D eigenvalue weighted by Gasteiger charge is 2.39. The molecule has 154 valence electrons. The molecule has 4 rings (SSSR count). The first-order valence-corrected chi connectivity index (χ1v) is 10.4. The first-order chi connectivity index (χ1) is 14.1. The Morgan fingerprint density at radius 3 is 2.41 bits per heavy atom. The van der Waals surface area contributed by atoms with E-state index in [1.165, 1.54) is 17.0 Å². The lowest BCUT2D eigenvalue weighted by Crippen LogP contribution is -3.16. The lowest BCUT2D eigenvalue weighted by atomic mass is 10.1. The molecule has 1 aliphatic carbocycles. The summed E-state index contributed by atoms with van der Waals surface area (Å²) in [6.07, 6.45) is 2.28. The second-order valence-corrected chi connectivity index (χ2v) is 8.01. The molecule has 5 nitrogen and oxygen atoms in total. The molecule has 2 atom stereocenters. The Labute approximate surface area is 171 Å². The first-order valence-electron chi connectivity index (χ1n) is 10.4. The Balaban J connectivity index is 1.37. The minimum atomic E-state index is -0.229. The van der Waals surface area contributed by atoms with Crippen LogP contribution < -0.4 is 15.1 Å². The number of amides is 1. The third kappa shape index (κ3) is 5.14. The van der Waals surface area contributed by atoms with E-state index in [0.29, 0.717) is 6.04 Å². The number of rotatable bonds is 7. The fraction of sp³-hybridized carbons (Fsp3) is 0.435. The van der Waals surface area contributed by atoms with Gasteiger partial charge in [0.1, 0.15) is 12.4 Å². The molecule has 1 saturated carbocycles. The van der Waals surface area contributed by atoms with Crippen LogP contribution in [0.1, 0.15) is 25.3 Å². The number of carbonyl (C=O) groups is 1. The lowest BCUT2D eigenvalue weighted by Gasteiger charge is -2.29. The molecule has 0 radical (unpaired) electrons. The van der Waals surface area contributed by atoms with E-state index in [-0.39, 0.29) is 17.8 Å². The molecular weight excluding hydrogens is 369 g/mol. The van der Waals surface area contributed by atoms with Gasteiger partial charge in [-0.25, -0.2) is 4.39 Å². The zero-order valence-corrected chi connectivity index (χ0v) is 16.9. The Bertz CT molecular complexity index is 815. The van der Waals surface area contributed by atoms with Crippen molar-refractivity contribution in [3.8, 4) is 0 Å². The van der Waals surface area contributed by atoms with E-state index in [0.717, 1.165) is 62.6 Å². The number of ether oxygens (including phenoxy) is 1. The summed E-state index contributed by atoms with van der Waals surface area (Å²) in [6.45, 7) is 6.01. The summed E-state index contributed by atoms with van der Waals surface area (Å²) in [5.74, 6) is -0.207. The number of carbonyl (C=O) groups excluding carboxylic acids is 1. The number of benzene rings is 2. The summed E-state index contributed by atoms with van der Waals surface area (Å²) in [7, 11) is 0. The SMILES string of the molecule is C[C@@H](C(=O)Nc1ccc(N2CCOCC2)cc1)[NH+](Cc1ccc(F)cc1)C1CC1. The zero-order chi connectivity index (χ0) is 20.2. The van der Waals surface area contributed by atoms with Crippen molar-refractivity contribution in [2.75, 3.05) is 36.5 Å². The van der Waals surface area contributed by atoms with Gasteiger partial charge in [0, 0.05) is 42.9 Å². The molecule has 6 heteroatoms. The monoisotopic (exact) mass is 398 g/mol. The van der Waals surface area contributed by atoms with Gasteiger partial charge in [-0.3, -0.25) is 4.79 Å². The number of anilines is 2. The number of hydrogen-bond donors (Lipinski definition) is 2. The van der Waals surface area contributed by atoms with Crippen molar-refractivity contribution in [3.63, 3.8) is 0 Å². The topological polar surface area (TPSA) is 46.0 Å². The fourth-order valence-electron chi connectivity index (χ4n) is 3.94. The van der Waals surface area contributed by atoms with E-state index in [4.69, 9.17) is 4.74 Å². The molecule has 1 amide bonds. The summed E-state index contributed by atoms with van der Waals surface area (Å²) in [5, 5.41) is 3.07. The molecule has 1 heterocycles. The van der Waals surface area contributed by atoms with Crippen LogP contribution in [0.2, 0.25) is 0 Å². The quantitative estimate of drug-likeness (QED) is 0.752. The number of hydrogen-bond acceptors (Lipinski definition) is 3. The highest BCUT2D eigenvalue weighted by atomic mass is 19.1. The molecule has 29 heavy (non-hydrogen) atoms. The fourth-order valence-corrected chi connectivity index (χ4v) is 3.94. The van der Waals surface area contributed by atoms with Crippen molar-refractivity contribution in [2.24, 2.45) is 0 Å². The molecule has 2 fully saturated rings. The van der Waals surface area contributed by atoms with Crippen molar-refractivity contribution in [1.29, 1.82) is 0 Å². The van der Waals surface area contributed by atoms with E-state index < -0.39 is 0 Å². The third-order valence-electron chi connectivity index (χ3n) is 5.88. The van der Waals surface area contributed by atoms with Crippen molar-refractivity contribution in [2.45, 2.75) is 38.4 Å². The second kappa shape index (κ2) is 8.93. The number of nitrogens with one attached hydrogen (secondary N) is 2. The van der Waals surface area contributed by atoms with Crippen molar-refractivity contribution in [3.05, 3.63) is 59.9 Å². The van der Waals surface area contributed by atoms with E-state index in [2.05, 4.69) is 22.3 Å². The smallest absolute Gasteiger partial charge is 0.282 e. The third-order valence-corrected chi connectivity index (χ3v) is 5.88. The maximum atomic E-state index is 13.2. The minimum Gasteiger partial charge on any atom is -0.378 e. The zero-order valence-electron chi connectivity index (χ0n) is 16.9. The lowest BCUT2D eigenvalue weighted by molar-refractivity contribution is -0.938. The average Bonchev–Trinajstić information content (AvgIpc) is 3.59. The van der Waals surface area contributed by atoms with Crippen molar-refractivity contribution >= 4 is 17.3 Å². The molecule has 0 aromatic heterocycles. The summed E-state index contributed by atoms with van der Waals surface area (Å²) >= 11 is 0. The Morgan fingerprint density at radius 2 is 1.79 bits per heavy atom. The maximum Gasteiger partial charge on any atom is 0.282 e. The molecule has 0 bridgehead atoms. The molecule has 0 spiro atoms. The van der Waals surface area contributed by atoms with Crippen LogP contribution in [-0.4, -0.2) is 44.3 Å². The van der Waals surface area contributed by atoms with Gasteiger partial charge in [-0.15, -0.1) is 0 Å². The van der Waals surface area contributed by atoms with Crippen LogP contribution in [-0.2, 0) is 16.1 Å². The number of quaternary nitrogens is 1. The average molecular weight is 399 g/mol. The molecule has 2 aliphatic rings. The summed E-state index contributed by atoms with van der Waals surface area (Å²) < 4.78 is 18.6. The van der Waals surface area contributed by atoms with Gasteiger partial charge >= 0.3 is 0 Å². The first kappa shape index (κ1) is 19.9. The van der Waals surface area contributed by atoms with E-state index in [1.807, 2.05) is 31.2 Å². The van der Waals surface area contributed by atoms with E-state index in [9.17, 15) is 9.18 Å². The van der Waals surface area contributed by atoms with Crippen LogP contribution in [0.15, 0.2) is 48.5 Å². The van der Waals surface area contributed by atoms with Gasteiger partial charge in [0.05, 0.1) is 19.3 Å². The maximum absolute atomic E-state index is 13.2. The summed E-state index contributed by atoms with van der Waals surface area (Å²) in [6, 6.07) is 15.0. The van der Waals surface area contributed by atoms with Gasteiger partial charge in [0.15, 0.2) is 6.04 Å². The molecular formula is C23H29FN3O2+.